The lowest BCUT2D eigenvalue weighted by Gasteiger charge is -2.18. The summed E-state index contributed by atoms with van der Waals surface area (Å²) in [6.07, 6.45) is 71.2. The van der Waals surface area contributed by atoms with E-state index in [1.165, 1.54) is 212 Å². The van der Waals surface area contributed by atoms with Crippen LogP contribution in [0.3, 0.4) is 0 Å². The van der Waals surface area contributed by atoms with Crippen molar-refractivity contribution >= 4 is 11.9 Å². The number of allylic oxidation sites excluding steroid dienone is 8. The zero-order chi connectivity index (χ0) is 47.7. The van der Waals surface area contributed by atoms with E-state index in [9.17, 15) is 9.59 Å². The summed E-state index contributed by atoms with van der Waals surface area (Å²) in [4.78, 5) is 25.5. The third-order valence-electron chi connectivity index (χ3n) is 12.8. The number of esters is 2. The molecule has 0 aliphatic rings. The number of carbonyl (C=O) groups is 2. The second-order valence-corrected chi connectivity index (χ2v) is 19.5. The summed E-state index contributed by atoms with van der Waals surface area (Å²) in [5.41, 5.74) is 0. The molecule has 0 aromatic heterocycles. The fourth-order valence-electron chi connectivity index (χ4n) is 8.45. The van der Waals surface area contributed by atoms with Gasteiger partial charge in [-0.25, -0.2) is 0 Å². The molecule has 66 heavy (non-hydrogen) atoms. The SMILES string of the molecule is CCCCC/C=C\C/C=C\CCCCCCCCCCOCC(COC(=O)CCCCCCCCC/C=C\C/C=C\CCCCC)OC(=O)CCCCCCCCCCCCCCCCC. The first-order chi connectivity index (χ1) is 32.6. The highest BCUT2D eigenvalue weighted by Crippen LogP contribution is 2.16. The summed E-state index contributed by atoms with van der Waals surface area (Å²) in [7, 11) is 0. The fourth-order valence-corrected chi connectivity index (χ4v) is 8.45. The van der Waals surface area contributed by atoms with Crippen LogP contribution in [0, 0.1) is 0 Å². The lowest BCUT2D eigenvalue weighted by atomic mass is 10.0. The standard InChI is InChI=1S/C61H112O5/c1-4-7-10-13-16-19-22-25-28-30-32-35-38-41-44-47-50-53-56-64-57-59(66-61(63)55-52-49-46-43-40-37-33-27-24-21-18-15-12-9-6-3)58-65-60(62)54-51-48-45-42-39-36-34-31-29-26-23-20-17-14-11-8-5-2/h16-17,19-20,25-26,28-29,59H,4-15,18,21-24,27,30-58H2,1-3H3/b19-16-,20-17-,28-25-,29-26-. The number of carbonyl (C=O) groups excluding carboxylic acids is 2. The van der Waals surface area contributed by atoms with Gasteiger partial charge in [0.15, 0.2) is 6.10 Å². The molecular formula is C61H112O5. The van der Waals surface area contributed by atoms with Crippen molar-refractivity contribution in [1.29, 1.82) is 0 Å². The number of ether oxygens (including phenoxy) is 3. The van der Waals surface area contributed by atoms with Gasteiger partial charge in [-0.05, 0) is 83.5 Å². The van der Waals surface area contributed by atoms with Crippen molar-refractivity contribution in [1.82, 2.24) is 0 Å². The van der Waals surface area contributed by atoms with E-state index >= 15 is 0 Å². The average Bonchev–Trinajstić information content (AvgIpc) is 3.32. The Kier molecular flexibility index (Phi) is 55.3. The minimum Gasteiger partial charge on any atom is -0.462 e. The number of unbranched alkanes of at least 4 members (excludes halogenated alkanes) is 35. The third-order valence-corrected chi connectivity index (χ3v) is 12.8. The van der Waals surface area contributed by atoms with E-state index in [1.807, 2.05) is 0 Å². The highest BCUT2D eigenvalue weighted by atomic mass is 16.6. The van der Waals surface area contributed by atoms with Crippen molar-refractivity contribution in [2.75, 3.05) is 19.8 Å². The van der Waals surface area contributed by atoms with Gasteiger partial charge in [-0.1, -0.05) is 256 Å². The third kappa shape index (κ3) is 54.5. The van der Waals surface area contributed by atoms with Gasteiger partial charge in [0.05, 0.1) is 6.61 Å². The van der Waals surface area contributed by atoms with Gasteiger partial charge in [0.25, 0.3) is 0 Å². The summed E-state index contributed by atoms with van der Waals surface area (Å²) in [5, 5.41) is 0. The first-order valence-corrected chi connectivity index (χ1v) is 29.2. The average molecular weight is 926 g/mol. The monoisotopic (exact) mass is 925 g/mol. The van der Waals surface area contributed by atoms with Crippen LogP contribution in [0.4, 0.5) is 0 Å². The summed E-state index contributed by atoms with van der Waals surface area (Å²) in [6.45, 7) is 7.81. The van der Waals surface area contributed by atoms with Crippen LogP contribution in [0.25, 0.3) is 0 Å². The van der Waals surface area contributed by atoms with Crippen molar-refractivity contribution in [2.24, 2.45) is 0 Å². The molecule has 0 aromatic carbocycles. The zero-order valence-electron chi connectivity index (χ0n) is 44.5. The lowest BCUT2D eigenvalue weighted by molar-refractivity contribution is -0.163. The molecule has 0 fully saturated rings. The Bertz CT molecular complexity index is 1090. The van der Waals surface area contributed by atoms with E-state index < -0.39 is 6.10 Å². The first-order valence-electron chi connectivity index (χ1n) is 29.2. The van der Waals surface area contributed by atoms with Gasteiger partial charge < -0.3 is 14.2 Å². The van der Waals surface area contributed by atoms with Crippen LogP contribution in [0.5, 0.6) is 0 Å². The smallest absolute Gasteiger partial charge is 0.306 e. The Hall–Kier alpha value is -2.14. The van der Waals surface area contributed by atoms with E-state index in [0.29, 0.717) is 19.4 Å². The quantitative estimate of drug-likeness (QED) is 0.0345. The van der Waals surface area contributed by atoms with E-state index in [2.05, 4.69) is 69.4 Å². The second-order valence-electron chi connectivity index (χ2n) is 19.5. The maximum Gasteiger partial charge on any atom is 0.306 e. The van der Waals surface area contributed by atoms with E-state index in [1.54, 1.807) is 0 Å². The molecule has 0 amide bonds. The minimum atomic E-state index is -0.540. The van der Waals surface area contributed by atoms with Crippen molar-refractivity contribution in [3.8, 4) is 0 Å². The van der Waals surface area contributed by atoms with E-state index in [-0.39, 0.29) is 25.2 Å². The molecular weight excluding hydrogens is 813 g/mol. The molecule has 386 valence electrons. The molecule has 0 heterocycles. The first kappa shape index (κ1) is 63.9. The number of hydrogen-bond acceptors (Lipinski definition) is 5. The van der Waals surface area contributed by atoms with Crippen LogP contribution in [-0.2, 0) is 23.8 Å². The molecule has 5 nitrogen and oxygen atoms in total. The normalized spacial score (nSPS) is 12.5. The molecule has 0 bridgehead atoms. The maximum absolute atomic E-state index is 12.9. The van der Waals surface area contributed by atoms with E-state index in [0.717, 1.165) is 57.8 Å². The van der Waals surface area contributed by atoms with E-state index in [4.69, 9.17) is 14.2 Å². The van der Waals surface area contributed by atoms with Crippen molar-refractivity contribution in [3.05, 3.63) is 48.6 Å². The molecule has 0 aliphatic heterocycles. The second kappa shape index (κ2) is 57.2. The number of hydrogen-bond donors (Lipinski definition) is 0. The Labute approximate surface area is 412 Å². The van der Waals surface area contributed by atoms with Crippen LogP contribution in [0.1, 0.15) is 303 Å². The fraction of sp³-hybridized carbons (Fsp3) is 0.836. The van der Waals surface area contributed by atoms with Crippen LogP contribution >= 0.6 is 0 Å². The molecule has 0 aliphatic carbocycles. The molecule has 1 atom stereocenters. The minimum absolute atomic E-state index is 0.0824. The van der Waals surface area contributed by atoms with Gasteiger partial charge in [-0.2, -0.15) is 0 Å². The Morgan fingerprint density at radius 1 is 0.333 bits per heavy atom. The van der Waals surface area contributed by atoms with Gasteiger partial charge >= 0.3 is 11.9 Å². The molecule has 0 spiro atoms. The molecule has 0 aromatic rings. The lowest BCUT2D eigenvalue weighted by Crippen LogP contribution is -2.30. The van der Waals surface area contributed by atoms with Crippen LogP contribution in [0.15, 0.2) is 48.6 Å². The Morgan fingerprint density at radius 3 is 1.03 bits per heavy atom. The van der Waals surface area contributed by atoms with Gasteiger partial charge in [0, 0.05) is 19.4 Å². The van der Waals surface area contributed by atoms with Gasteiger partial charge in [-0.3, -0.25) is 9.59 Å². The highest BCUT2D eigenvalue weighted by molar-refractivity contribution is 5.70. The van der Waals surface area contributed by atoms with Crippen LogP contribution in [0.2, 0.25) is 0 Å². The van der Waals surface area contributed by atoms with Crippen LogP contribution in [-0.4, -0.2) is 37.9 Å². The largest absolute Gasteiger partial charge is 0.462 e. The molecule has 5 heteroatoms. The maximum atomic E-state index is 12.9. The van der Waals surface area contributed by atoms with Gasteiger partial charge in [0.2, 0.25) is 0 Å². The van der Waals surface area contributed by atoms with Gasteiger partial charge in [-0.15, -0.1) is 0 Å². The highest BCUT2D eigenvalue weighted by Gasteiger charge is 2.17. The molecule has 0 rings (SSSR count). The summed E-state index contributed by atoms with van der Waals surface area (Å²) in [6, 6.07) is 0. The Balaban J connectivity index is 4.26. The van der Waals surface area contributed by atoms with Crippen LogP contribution < -0.4 is 0 Å². The van der Waals surface area contributed by atoms with Crippen molar-refractivity contribution in [3.63, 3.8) is 0 Å². The summed E-state index contributed by atoms with van der Waals surface area (Å²) in [5.74, 6) is -0.393. The topological polar surface area (TPSA) is 61.8 Å². The summed E-state index contributed by atoms with van der Waals surface area (Å²) >= 11 is 0. The molecule has 0 saturated heterocycles. The molecule has 0 saturated carbocycles. The van der Waals surface area contributed by atoms with Crippen molar-refractivity contribution in [2.45, 2.75) is 309 Å². The zero-order valence-corrected chi connectivity index (χ0v) is 44.5. The predicted octanol–water partition coefficient (Wildman–Crippen LogP) is 19.9. The summed E-state index contributed by atoms with van der Waals surface area (Å²) < 4.78 is 17.5. The molecule has 0 N–H and O–H groups in total. The Morgan fingerprint density at radius 2 is 0.636 bits per heavy atom. The predicted molar refractivity (Wildman–Crippen MR) is 288 cm³/mol. The van der Waals surface area contributed by atoms with Crippen molar-refractivity contribution < 1.29 is 23.8 Å². The number of rotatable bonds is 54. The van der Waals surface area contributed by atoms with Gasteiger partial charge in [0.1, 0.15) is 6.61 Å². The molecule has 0 radical (unpaired) electrons. The molecule has 1 unspecified atom stereocenters.